The van der Waals surface area contributed by atoms with Gasteiger partial charge in [-0.1, -0.05) is 6.07 Å². The maximum atomic E-state index is 5.86. The van der Waals surface area contributed by atoms with Crippen LogP contribution in [0.15, 0.2) is 42.0 Å². The van der Waals surface area contributed by atoms with Gasteiger partial charge in [-0.05, 0) is 19.1 Å². The van der Waals surface area contributed by atoms with Crippen molar-refractivity contribution < 1.29 is 4.74 Å². The van der Waals surface area contributed by atoms with E-state index in [0.29, 0.717) is 12.5 Å². The average Bonchev–Trinajstić information content (AvgIpc) is 3.22. The Morgan fingerprint density at radius 1 is 1.29 bits per heavy atom. The van der Waals surface area contributed by atoms with Gasteiger partial charge in [-0.3, -0.25) is 9.58 Å². The Labute approximate surface area is 144 Å². The Morgan fingerprint density at radius 3 is 3.04 bits per heavy atom. The van der Waals surface area contributed by atoms with E-state index < -0.39 is 0 Å². The molecule has 7 heteroatoms. The lowest BCUT2D eigenvalue weighted by atomic mass is 10.2. The minimum absolute atomic E-state index is 0.172. The number of aryl methyl sites for hydroxylation is 1. The first-order valence-corrected chi connectivity index (χ1v) is 8.85. The van der Waals surface area contributed by atoms with Gasteiger partial charge in [0.15, 0.2) is 0 Å². The van der Waals surface area contributed by atoms with Gasteiger partial charge in [0, 0.05) is 43.5 Å². The second-order valence-corrected chi connectivity index (χ2v) is 6.99. The van der Waals surface area contributed by atoms with Crippen molar-refractivity contribution in [3.05, 3.63) is 58.4 Å². The predicted octanol–water partition coefficient (Wildman–Crippen LogP) is 2.68. The fraction of sp³-hybridized carbons (Fsp3) is 0.353. The van der Waals surface area contributed by atoms with E-state index in [-0.39, 0.29) is 6.04 Å². The van der Waals surface area contributed by atoms with Crippen LogP contribution < -0.4 is 4.74 Å². The zero-order valence-corrected chi connectivity index (χ0v) is 14.3. The molecule has 3 aromatic rings. The Hall–Kier alpha value is -2.25. The summed E-state index contributed by atoms with van der Waals surface area (Å²) in [5.41, 5.74) is 2.35. The Kier molecular flexibility index (Phi) is 4.27. The summed E-state index contributed by atoms with van der Waals surface area (Å²) in [5, 5.41) is 7.72. The molecule has 0 amide bonds. The van der Waals surface area contributed by atoms with Crippen molar-refractivity contribution in [3.63, 3.8) is 0 Å². The normalized spacial score (nSPS) is 17.6. The number of hydrogen-bond donors (Lipinski definition) is 0. The molecule has 1 aliphatic rings. The fourth-order valence-electron chi connectivity index (χ4n) is 3.03. The molecular formula is C17H19N5OS. The SMILES string of the molecule is Cc1nc(CN2Cc3ccnn3[C@H](COc3ccccn3)C2)cs1. The monoisotopic (exact) mass is 341 g/mol. The minimum Gasteiger partial charge on any atom is -0.475 e. The lowest BCUT2D eigenvalue weighted by Crippen LogP contribution is -2.39. The van der Waals surface area contributed by atoms with E-state index in [1.165, 1.54) is 5.69 Å². The first kappa shape index (κ1) is 15.3. The molecule has 0 saturated carbocycles. The van der Waals surface area contributed by atoms with Crippen LogP contribution in [0, 0.1) is 6.92 Å². The number of hydrogen-bond acceptors (Lipinski definition) is 6. The van der Waals surface area contributed by atoms with E-state index in [1.54, 1.807) is 17.5 Å². The lowest BCUT2D eigenvalue weighted by molar-refractivity contribution is 0.124. The molecule has 4 rings (SSSR count). The van der Waals surface area contributed by atoms with E-state index in [1.807, 2.05) is 31.3 Å². The van der Waals surface area contributed by atoms with Gasteiger partial charge < -0.3 is 4.74 Å². The molecule has 0 fully saturated rings. The summed E-state index contributed by atoms with van der Waals surface area (Å²) in [6.07, 6.45) is 3.60. The zero-order valence-electron chi connectivity index (χ0n) is 13.5. The number of nitrogens with zero attached hydrogens (tertiary/aromatic N) is 5. The third kappa shape index (κ3) is 3.32. The van der Waals surface area contributed by atoms with Crippen LogP contribution in [0.1, 0.15) is 22.4 Å². The van der Waals surface area contributed by atoms with Gasteiger partial charge in [-0.2, -0.15) is 5.10 Å². The van der Waals surface area contributed by atoms with Crippen molar-refractivity contribution in [2.75, 3.05) is 13.2 Å². The highest BCUT2D eigenvalue weighted by Gasteiger charge is 2.26. The molecule has 4 heterocycles. The maximum absolute atomic E-state index is 5.86. The van der Waals surface area contributed by atoms with Gasteiger partial charge in [-0.25, -0.2) is 9.97 Å². The third-order valence-electron chi connectivity index (χ3n) is 4.07. The maximum Gasteiger partial charge on any atom is 0.213 e. The smallest absolute Gasteiger partial charge is 0.213 e. The predicted molar refractivity (Wildman–Crippen MR) is 92.0 cm³/mol. The third-order valence-corrected chi connectivity index (χ3v) is 4.89. The molecule has 0 radical (unpaired) electrons. The molecule has 1 aliphatic heterocycles. The summed E-state index contributed by atoms with van der Waals surface area (Å²) < 4.78 is 7.94. The summed E-state index contributed by atoms with van der Waals surface area (Å²) in [4.78, 5) is 11.2. The number of thiazole rings is 1. The highest BCUT2D eigenvalue weighted by molar-refractivity contribution is 7.09. The van der Waals surface area contributed by atoms with Crippen LogP contribution in [0.2, 0.25) is 0 Å². The second kappa shape index (κ2) is 6.70. The number of ether oxygens (including phenoxy) is 1. The minimum atomic E-state index is 0.172. The van der Waals surface area contributed by atoms with Crippen molar-refractivity contribution in [2.24, 2.45) is 0 Å². The largest absolute Gasteiger partial charge is 0.475 e. The Morgan fingerprint density at radius 2 is 2.25 bits per heavy atom. The Balaban J connectivity index is 1.46. The van der Waals surface area contributed by atoms with Crippen LogP contribution in [-0.4, -0.2) is 37.8 Å². The van der Waals surface area contributed by atoms with E-state index >= 15 is 0 Å². The van der Waals surface area contributed by atoms with Crippen LogP contribution in [0.5, 0.6) is 5.88 Å². The molecule has 0 spiro atoms. The zero-order chi connectivity index (χ0) is 16.4. The van der Waals surface area contributed by atoms with Crippen molar-refractivity contribution in [3.8, 4) is 5.88 Å². The number of fused-ring (bicyclic) bond motifs is 1. The fourth-order valence-corrected chi connectivity index (χ4v) is 3.64. The first-order chi connectivity index (χ1) is 11.8. The van der Waals surface area contributed by atoms with Crippen LogP contribution >= 0.6 is 11.3 Å². The molecule has 124 valence electrons. The number of rotatable bonds is 5. The summed E-state index contributed by atoms with van der Waals surface area (Å²) in [6.45, 7) is 5.23. The molecule has 6 nitrogen and oxygen atoms in total. The highest BCUT2D eigenvalue weighted by Crippen LogP contribution is 2.23. The molecule has 0 saturated heterocycles. The second-order valence-electron chi connectivity index (χ2n) is 5.93. The van der Waals surface area contributed by atoms with Crippen LogP contribution in [0.3, 0.4) is 0 Å². The van der Waals surface area contributed by atoms with Crippen molar-refractivity contribution in [1.29, 1.82) is 0 Å². The van der Waals surface area contributed by atoms with Gasteiger partial charge in [-0.15, -0.1) is 11.3 Å². The van der Waals surface area contributed by atoms with Gasteiger partial charge in [0.05, 0.1) is 22.4 Å². The van der Waals surface area contributed by atoms with Gasteiger partial charge >= 0.3 is 0 Å². The highest BCUT2D eigenvalue weighted by atomic mass is 32.1. The molecule has 1 atom stereocenters. The van der Waals surface area contributed by atoms with E-state index in [2.05, 4.69) is 36.1 Å². The lowest BCUT2D eigenvalue weighted by Gasteiger charge is -2.33. The quantitative estimate of drug-likeness (QED) is 0.714. The molecule has 0 aromatic carbocycles. The number of aromatic nitrogens is 4. The summed E-state index contributed by atoms with van der Waals surface area (Å²) in [7, 11) is 0. The molecular weight excluding hydrogens is 322 g/mol. The van der Waals surface area contributed by atoms with E-state index in [0.717, 1.165) is 30.3 Å². The van der Waals surface area contributed by atoms with Crippen LogP contribution in [0.25, 0.3) is 0 Å². The van der Waals surface area contributed by atoms with Gasteiger partial charge in [0.1, 0.15) is 6.61 Å². The van der Waals surface area contributed by atoms with Gasteiger partial charge in [0.25, 0.3) is 0 Å². The first-order valence-electron chi connectivity index (χ1n) is 7.97. The summed E-state index contributed by atoms with van der Waals surface area (Å²) >= 11 is 1.70. The molecule has 0 bridgehead atoms. The molecule has 3 aromatic heterocycles. The average molecular weight is 341 g/mol. The van der Waals surface area contributed by atoms with Gasteiger partial charge in [0.2, 0.25) is 5.88 Å². The summed E-state index contributed by atoms with van der Waals surface area (Å²) in [5.74, 6) is 0.651. The van der Waals surface area contributed by atoms with Crippen molar-refractivity contribution in [1.82, 2.24) is 24.6 Å². The van der Waals surface area contributed by atoms with Crippen molar-refractivity contribution in [2.45, 2.75) is 26.1 Å². The topological polar surface area (TPSA) is 56.1 Å². The summed E-state index contributed by atoms with van der Waals surface area (Å²) in [6, 6.07) is 7.94. The molecule has 0 unspecified atom stereocenters. The Bertz CT molecular complexity index is 800. The molecule has 0 aliphatic carbocycles. The van der Waals surface area contributed by atoms with E-state index in [4.69, 9.17) is 4.74 Å². The molecule has 24 heavy (non-hydrogen) atoms. The van der Waals surface area contributed by atoms with E-state index in [9.17, 15) is 0 Å². The number of pyridine rings is 1. The van der Waals surface area contributed by atoms with Crippen molar-refractivity contribution >= 4 is 11.3 Å². The standard InChI is InChI=1S/C17H19N5OS/c1-13-20-14(12-24-13)8-21-9-15-5-7-19-22(15)16(10-21)11-23-17-4-2-3-6-18-17/h2-7,12,16H,8-11H2,1H3/t16-/m0/s1. The molecule has 0 N–H and O–H groups in total. The van der Waals surface area contributed by atoms with Crippen LogP contribution in [0.4, 0.5) is 0 Å². The van der Waals surface area contributed by atoms with Crippen LogP contribution in [-0.2, 0) is 13.1 Å².